The van der Waals surface area contributed by atoms with Gasteiger partial charge in [-0.05, 0) is 18.9 Å². The second-order valence-electron chi connectivity index (χ2n) is 4.44. The van der Waals surface area contributed by atoms with E-state index < -0.39 is 11.5 Å². The number of carbonyl (C=O) groups is 1. The Kier molecular flexibility index (Phi) is 3.93. The molecule has 0 saturated carbocycles. The number of carbonyl (C=O) groups excluding carboxylic acids is 1. The van der Waals surface area contributed by atoms with Gasteiger partial charge in [0.2, 0.25) is 0 Å². The van der Waals surface area contributed by atoms with Crippen molar-refractivity contribution in [3.63, 3.8) is 0 Å². The largest absolute Gasteiger partial charge is 0.459 e. The minimum absolute atomic E-state index is 0.0920. The molecule has 0 bridgehead atoms. The summed E-state index contributed by atoms with van der Waals surface area (Å²) in [5, 5.41) is 0. The van der Waals surface area contributed by atoms with Crippen LogP contribution in [0.15, 0.2) is 24.3 Å². The molecule has 1 aromatic carbocycles. The third-order valence-electron chi connectivity index (χ3n) is 3.11. The van der Waals surface area contributed by atoms with Crippen LogP contribution in [0, 0.1) is 5.82 Å². The molecule has 0 spiro atoms. The maximum Gasteiger partial charge on any atom is 0.326 e. The predicted octanol–water partition coefficient (Wildman–Crippen LogP) is 1.38. The van der Waals surface area contributed by atoms with Gasteiger partial charge in [-0.25, -0.2) is 4.39 Å². The van der Waals surface area contributed by atoms with E-state index in [4.69, 9.17) is 15.2 Å². The molecule has 0 unspecified atom stereocenters. The van der Waals surface area contributed by atoms with E-state index in [9.17, 15) is 9.18 Å². The van der Waals surface area contributed by atoms with Gasteiger partial charge in [0, 0.05) is 18.8 Å². The summed E-state index contributed by atoms with van der Waals surface area (Å²) < 4.78 is 23.6. The summed E-state index contributed by atoms with van der Waals surface area (Å²) in [5.41, 5.74) is 5.31. The maximum absolute atomic E-state index is 13.3. The quantitative estimate of drug-likeness (QED) is 0.827. The number of benzene rings is 1. The summed E-state index contributed by atoms with van der Waals surface area (Å²) in [5.74, 6) is -0.877. The van der Waals surface area contributed by atoms with Crippen molar-refractivity contribution in [1.29, 1.82) is 0 Å². The summed E-state index contributed by atoms with van der Waals surface area (Å²) in [7, 11) is 0. The predicted molar refractivity (Wildman–Crippen MR) is 63.2 cm³/mol. The lowest BCUT2D eigenvalue weighted by atomic mass is 9.91. The Morgan fingerprint density at radius 2 is 2.06 bits per heavy atom. The third kappa shape index (κ3) is 2.86. The van der Waals surface area contributed by atoms with Gasteiger partial charge in [-0.15, -0.1) is 0 Å². The first-order chi connectivity index (χ1) is 8.62. The van der Waals surface area contributed by atoms with Crippen molar-refractivity contribution < 1.29 is 18.7 Å². The van der Waals surface area contributed by atoms with Crippen LogP contribution in [0.25, 0.3) is 0 Å². The zero-order chi connectivity index (χ0) is 13.0. The van der Waals surface area contributed by atoms with E-state index in [2.05, 4.69) is 0 Å². The number of esters is 1. The van der Waals surface area contributed by atoms with Crippen molar-refractivity contribution in [2.75, 3.05) is 13.2 Å². The van der Waals surface area contributed by atoms with Crippen molar-refractivity contribution in [2.45, 2.75) is 25.0 Å². The van der Waals surface area contributed by atoms with E-state index >= 15 is 0 Å². The van der Waals surface area contributed by atoms with Crippen molar-refractivity contribution in [1.82, 2.24) is 0 Å². The fourth-order valence-corrected chi connectivity index (χ4v) is 1.84. The molecule has 1 saturated heterocycles. The number of halogens is 1. The van der Waals surface area contributed by atoms with Crippen molar-refractivity contribution >= 4 is 5.97 Å². The van der Waals surface area contributed by atoms with Gasteiger partial charge in [-0.1, -0.05) is 18.2 Å². The molecule has 0 aromatic heterocycles. The van der Waals surface area contributed by atoms with Crippen molar-refractivity contribution in [3.8, 4) is 0 Å². The van der Waals surface area contributed by atoms with Crippen molar-refractivity contribution in [3.05, 3.63) is 35.6 Å². The molecule has 98 valence electrons. The molecule has 1 aliphatic rings. The lowest BCUT2D eigenvalue weighted by molar-refractivity contribution is -0.155. The summed E-state index contributed by atoms with van der Waals surface area (Å²) in [6, 6.07) is 6.19. The summed E-state index contributed by atoms with van der Waals surface area (Å²) in [4.78, 5) is 11.9. The van der Waals surface area contributed by atoms with E-state index in [1.54, 1.807) is 18.2 Å². The normalized spacial score (nSPS) is 18.3. The van der Waals surface area contributed by atoms with Crippen LogP contribution in [-0.2, 0) is 20.9 Å². The van der Waals surface area contributed by atoms with Gasteiger partial charge in [-0.2, -0.15) is 0 Å². The topological polar surface area (TPSA) is 61.6 Å². The maximum atomic E-state index is 13.3. The zero-order valence-electron chi connectivity index (χ0n) is 10.0. The monoisotopic (exact) mass is 253 g/mol. The summed E-state index contributed by atoms with van der Waals surface area (Å²) >= 11 is 0. The van der Waals surface area contributed by atoms with E-state index in [1.165, 1.54) is 6.07 Å². The lowest BCUT2D eigenvalue weighted by Crippen LogP contribution is -2.52. The Hall–Kier alpha value is -1.46. The Morgan fingerprint density at radius 3 is 2.72 bits per heavy atom. The Labute approximate surface area is 105 Å². The second kappa shape index (κ2) is 5.46. The average Bonchev–Trinajstić information content (AvgIpc) is 2.38. The highest BCUT2D eigenvalue weighted by Gasteiger charge is 2.37. The molecule has 2 rings (SSSR count). The highest BCUT2D eigenvalue weighted by Crippen LogP contribution is 2.20. The second-order valence-corrected chi connectivity index (χ2v) is 4.44. The minimum Gasteiger partial charge on any atom is -0.459 e. The van der Waals surface area contributed by atoms with Gasteiger partial charge in [0.25, 0.3) is 0 Å². The fraction of sp³-hybridized carbons (Fsp3) is 0.462. The van der Waals surface area contributed by atoms with Gasteiger partial charge in [0.05, 0.1) is 0 Å². The molecule has 2 N–H and O–H groups in total. The molecule has 0 atom stereocenters. The van der Waals surface area contributed by atoms with E-state index in [-0.39, 0.29) is 12.4 Å². The number of ether oxygens (including phenoxy) is 2. The molecule has 0 radical (unpaired) electrons. The highest BCUT2D eigenvalue weighted by atomic mass is 19.1. The lowest BCUT2D eigenvalue weighted by Gasteiger charge is -2.30. The van der Waals surface area contributed by atoms with Gasteiger partial charge < -0.3 is 15.2 Å². The number of hydrogen-bond acceptors (Lipinski definition) is 4. The first-order valence-electron chi connectivity index (χ1n) is 5.89. The number of hydrogen-bond donors (Lipinski definition) is 1. The zero-order valence-corrected chi connectivity index (χ0v) is 10.0. The third-order valence-corrected chi connectivity index (χ3v) is 3.11. The molecule has 1 fully saturated rings. The fourth-order valence-electron chi connectivity index (χ4n) is 1.84. The standard InChI is InChI=1S/C13H16FNO3/c14-11-4-2-1-3-10(11)9-18-12(16)13(15)5-7-17-8-6-13/h1-4H,5-9,15H2. The van der Waals surface area contributed by atoms with Crippen LogP contribution in [0.4, 0.5) is 4.39 Å². The Balaban J connectivity index is 1.94. The molecule has 1 aliphatic heterocycles. The molecular weight excluding hydrogens is 237 g/mol. The van der Waals surface area contributed by atoms with Crippen LogP contribution in [0.3, 0.4) is 0 Å². The Morgan fingerprint density at radius 1 is 1.39 bits per heavy atom. The Bertz CT molecular complexity index is 430. The smallest absolute Gasteiger partial charge is 0.326 e. The van der Waals surface area contributed by atoms with Crippen LogP contribution in [0.2, 0.25) is 0 Å². The first-order valence-corrected chi connectivity index (χ1v) is 5.89. The van der Waals surface area contributed by atoms with E-state index in [0.29, 0.717) is 31.6 Å². The van der Waals surface area contributed by atoms with Gasteiger partial charge in [0.15, 0.2) is 0 Å². The molecule has 0 aliphatic carbocycles. The van der Waals surface area contributed by atoms with E-state index in [1.807, 2.05) is 0 Å². The summed E-state index contributed by atoms with van der Waals surface area (Å²) in [6.07, 6.45) is 0.867. The molecule has 18 heavy (non-hydrogen) atoms. The average molecular weight is 253 g/mol. The molecule has 5 heteroatoms. The molecule has 1 heterocycles. The van der Waals surface area contributed by atoms with E-state index in [0.717, 1.165) is 0 Å². The summed E-state index contributed by atoms with van der Waals surface area (Å²) in [6.45, 7) is 0.807. The van der Waals surface area contributed by atoms with Gasteiger partial charge in [0.1, 0.15) is 18.0 Å². The van der Waals surface area contributed by atoms with Crippen LogP contribution in [0.1, 0.15) is 18.4 Å². The van der Waals surface area contributed by atoms with Gasteiger partial charge >= 0.3 is 5.97 Å². The molecule has 1 aromatic rings. The molecule has 0 amide bonds. The molecule has 4 nitrogen and oxygen atoms in total. The van der Waals surface area contributed by atoms with Crippen LogP contribution >= 0.6 is 0 Å². The molecular formula is C13H16FNO3. The van der Waals surface area contributed by atoms with Crippen LogP contribution in [-0.4, -0.2) is 24.7 Å². The number of nitrogens with two attached hydrogens (primary N) is 1. The SMILES string of the molecule is NC1(C(=O)OCc2ccccc2F)CCOCC1. The number of rotatable bonds is 3. The van der Waals surface area contributed by atoms with Crippen molar-refractivity contribution in [2.24, 2.45) is 5.73 Å². The van der Waals surface area contributed by atoms with Crippen LogP contribution in [0.5, 0.6) is 0 Å². The minimum atomic E-state index is -0.997. The van der Waals surface area contributed by atoms with Crippen LogP contribution < -0.4 is 5.73 Å². The van der Waals surface area contributed by atoms with Gasteiger partial charge in [-0.3, -0.25) is 4.79 Å². The highest BCUT2D eigenvalue weighted by molar-refractivity contribution is 5.80. The first kappa shape index (κ1) is 13.0.